The van der Waals surface area contributed by atoms with Crippen LogP contribution in [-0.2, 0) is 21.4 Å². The van der Waals surface area contributed by atoms with Gasteiger partial charge in [0.25, 0.3) is 0 Å². The molecule has 31 heavy (non-hydrogen) atoms. The van der Waals surface area contributed by atoms with Crippen LogP contribution in [0, 0.1) is 0 Å². The molecule has 0 unspecified atom stereocenters. The molecular weight excluding hydrogens is 414 g/mol. The van der Waals surface area contributed by atoms with Crippen LogP contribution in [0.15, 0.2) is 59.8 Å². The lowest BCUT2D eigenvalue weighted by molar-refractivity contribution is -0.114. The SMILES string of the molecule is CC(=O)Nc1ccc(S(=O)(=O)NCc2cc(-c3ccncc3)n(C3CCCC3)n2)cc1. The van der Waals surface area contributed by atoms with Gasteiger partial charge in [-0.3, -0.25) is 14.5 Å². The highest BCUT2D eigenvalue weighted by Crippen LogP contribution is 2.33. The van der Waals surface area contributed by atoms with E-state index in [1.54, 1.807) is 24.5 Å². The van der Waals surface area contributed by atoms with Crippen LogP contribution in [0.25, 0.3) is 11.3 Å². The summed E-state index contributed by atoms with van der Waals surface area (Å²) < 4.78 is 30.1. The molecule has 0 radical (unpaired) electrons. The molecule has 3 aromatic rings. The molecule has 9 heteroatoms. The third-order valence-electron chi connectivity index (χ3n) is 5.36. The van der Waals surface area contributed by atoms with Crippen LogP contribution >= 0.6 is 0 Å². The summed E-state index contributed by atoms with van der Waals surface area (Å²) in [5, 5.41) is 7.36. The number of pyridine rings is 1. The summed E-state index contributed by atoms with van der Waals surface area (Å²) in [6.45, 7) is 1.49. The normalized spacial score (nSPS) is 14.6. The predicted octanol–water partition coefficient (Wildman–Crippen LogP) is 3.50. The Morgan fingerprint density at radius 3 is 2.42 bits per heavy atom. The summed E-state index contributed by atoms with van der Waals surface area (Å²) >= 11 is 0. The number of nitrogens with one attached hydrogen (secondary N) is 2. The third kappa shape index (κ3) is 5.00. The molecule has 1 amide bonds. The van der Waals surface area contributed by atoms with Crippen molar-refractivity contribution in [2.45, 2.75) is 50.1 Å². The van der Waals surface area contributed by atoms with Crippen molar-refractivity contribution in [1.29, 1.82) is 0 Å². The standard InChI is InChI=1S/C22H25N5O3S/c1-16(28)25-18-6-8-21(9-7-18)31(29,30)24-15-19-14-22(17-10-12-23-13-11-17)27(26-19)20-4-2-3-5-20/h6-14,20,24H,2-5,15H2,1H3,(H,25,28). The molecule has 0 spiro atoms. The second-order valence-corrected chi connectivity index (χ2v) is 9.44. The number of benzene rings is 1. The Balaban J connectivity index is 1.53. The first-order chi connectivity index (χ1) is 14.9. The van der Waals surface area contributed by atoms with Gasteiger partial charge in [0.2, 0.25) is 15.9 Å². The highest BCUT2D eigenvalue weighted by Gasteiger charge is 2.23. The maximum atomic E-state index is 12.7. The van der Waals surface area contributed by atoms with Gasteiger partial charge in [-0.1, -0.05) is 12.8 Å². The van der Waals surface area contributed by atoms with E-state index in [1.165, 1.54) is 31.9 Å². The molecule has 1 aliphatic rings. The maximum absolute atomic E-state index is 12.7. The number of rotatable bonds is 7. The Kier molecular flexibility index (Phi) is 6.15. The largest absolute Gasteiger partial charge is 0.326 e. The van der Waals surface area contributed by atoms with E-state index in [-0.39, 0.29) is 17.3 Å². The van der Waals surface area contributed by atoms with Crippen LogP contribution in [0.2, 0.25) is 0 Å². The van der Waals surface area contributed by atoms with E-state index in [0.29, 0.717) is 17.4 Å². The smallest absolute Gasteiger partial charge is 0.240 e. The molecule has 0 saturated heterocycles. The minimum absolute atomic E-state index is 0.0909. The number of nitrogens with zero attached hydrogens (tertiary/aromatic N) is 3. The van der Waals surface area contributed by atoms with Crippen LogP contribution in [0.4, 0.5) is 5.69 Å². The van der Waals surface area contributed by atoms with Gasteiger partial charge in [0.05, 0.1) is 28.9 Å². The lowest BCUT2D eigenvalue weighted by atomic mass is 10.1. The summed E-state index contributed by atoms with van der Waals surface area (Å²) in [5.41, 5.74) is 3.20. The van der Waals surface area contributed by atoms with E-state index in [4.69, 9.17) is 5.10 Å². The van der Waals surface area contributed by atoms with Crippen molar-refractivity contribution < 1.29 is 13.2 Å². The third-order valence-corrected chi connectivity index (χ3v) is 6.78. The van der Waals surface area contributed by atoms with Gasteiger partial charge < -0.3 is 5.32 Å². The number of sulfonamides is 1. The molecule has 2 heterocycles. The van der Waals surface area contributed by atoms with E-state index in [9.17, 15) is 13.2 Å². The molecule has 162 valence electrons. The second kappa shape index (κ2) is 8.99. The quantitative estimate of drug-likeness (QED) is 0.586. The van der Waals surface area contributed by atoms with Gasteiger partial charge in [-0.15, -0.1) is 0 Å². The topological polar surface area (TPSA) is 106 Å². The Hall–Kier alpha value is -3.04. The van der Waals surface area contributed by atoms with Crippen molar-refractivity contribution in [3.8, 4) is 11.3 Å². The fourth-order valence-corrected chi connectivity index (χ4v) is 4.87. The molecule has 2 N–H and O–H groups in total. The van der Waals surface area contributed by atoms with Gasteiger partial charge in [-0.05, 0) is 55.3 Å². The molecule has 8 nitrogen and oxygen atoms in total. The molecule has 2 aromatic heterocycles. The summed E-state index contributed by atoms with van der Waals surface area (Å²) in [6.07, 6.45) is 7.99. The number of anilines is 1. The molecule has 1 aliphatic carbocycles. The zero-order valence-corrected chi connectivity index (χ0v) is 18.1. The minimum Gasteiger partial charge on any atom is -0.326 e. The molecule has 0 atom stereocenters. The monoisotopic (exact) mass is 439 g/mol. The van der Waals surface area contributed by atoms with Crippen molar-refractivity contribution in [2.24, 2.45) is 0 Å². The zero-order valence-electron chi connectivity index (χ0n) is 17.3. The molecule has 4 rings (SSSR count). The molecule has 1 fully saturated rings. The second-order valence-electron chi connectivity index (χ2n) is 7.67. The van der Waals surface area contributed by atoms with E-state index in [0.717, 1.165) is 24.1 Å². The summed E-state index contributed by atoms with van der Waals surface area (Å²) in [4.78, 5) is 15.3. The van der Waals surface area contributed by atoms with Gasteiger partial charge in [-0.2, -0.15) is 5.10 Å². The fraction of sp³-hybridized carbons (Fsp3) is 0.318. The Morgan fingerprint density at radius 1 is 1.10 bits per heavy atom. The van der Waals surface area contributed by atoms with Crippen LogP contribution in [-0.4, -0.2) is 29.1 Å². The molecule has 0 aliphatic heterocycles. The van der Waals surface area contributed by atoms with Gasteiger partial charge in [-0.25, -0.2) is 13.1 Å². The van der Waals surface area contributed by atoms with Crippen LogP contribution in [0.3, 0.4) is 0 Å². The summed E-state index contributed by atoms with van der Waals surface area (Å²) in [6, 6.07) is 12.2. The summed E-state index contributed by atoms with van der Waals surface area (Å²) in [5.74, 6) is -0.211. The number of amides is 1. The number of carbonyl (C=O) groups is 1. The van der Waals surface area contributed by atoms with E-state index < -0.39 is 10.0 Å². The molecular formula is C22H25N5O3S. The number of carbonyl (C=O) groups excluding carboxylic acids is 1. The van der Waals surface area contributed by atoms with E-state index in [1.807, 2.05) is 22.9 Å². The first kappa shape index (κ1) is 21.2. The Bertz CT molecular complexity index is 1150. The van der Waals surface area contributed by atoms with Crippen molar-refractivity contribution in [3.05, 3.63) is 60.6 Å². The van der Waals surface area contributed by atoms with Crippen LogP contribution in [0.5, 0.6) is 0 Å². The first-order valence-electron chi connectivity index (χ1n) is 10.3. The summed E-state index contributed by atoms with van der Waals surface area (Å²) in [7, 11) is -3.71. The molecule has 0 bridgehead atoms. The van der Waals surface area contributed by atoms with Gasteiger partial charge in [0, 0.05) is 30.6 Å². The number of hydrogen-bond donors (Lipinski definition) is 2. The average Bonchev–Trinajstić information content (AvgIpc) is 3.43. The highest BCUT2D eigenvalue weighted by atomic mass is 32.2. The Morgan fingerprint density at radius 2 is 1.77 bits per heavy atom. The van der Waals surface area contributed by atoms with Crippen LogP contribution < -0.4 is 10.0 Å². The van der Waals surface area contributed by atoms with Crippen molar-refractivity contribution in [1.82, 2.24) is 19.5 Å². The maximum Gasteiger partial charge on any atom is 0.240 e. The van der Waals surface area contributed by atoms with Crippen molar-refractivity contribution >= 4 is 21.6 Å². The molecule has 1 aromatic carbocycles. The van der Waals surface area contributed by atoms with E-state index >= 15 is 0 Å². The zero-order chi connectivity index (χ0) is 21.8. The lowest BCUT2D eigenvalue weighted by Crippen LogP contribution is -2.23. The number of aromatic nitrogens is 3. The fourth-order valence-electron chi connectivity index (χ4n) is 3.87. The van der Waals surface area contributed by atoms with Gasteiger partial charge in [0.1, 0.15) is 0 Å². The minimum atomic E-state index is -3.71. The first-order valence-corrected chi connectivity index (χ1v) is 11.8. The van der Waals surface area contributed by atoms with Crippen molar-refractivity contribution in [3.63, 3.8) is 0 Å². The van der Waals surface area contributed by atoms with Gasteiger partial charge in [0.15, 0.2) is 0 Å². The predicted molar refractivity (Wildman–Crippen MR) is 118 cm³/mol. The Labute approximate surface area is 181 Å². The average molecular weight is 440 g/mol. The van der Waals surface area contributed by atoms with Crippen molar-refractivity contribution in [2.75, 3.05) is 5.32 Å². The van der Waals surface area contributed by atoms with Crippen LogP contribution in [0.1, 0.15) is 44.3 Å². The number of hydrogen-bond acceptors (Lipinski definition) is 5. The molecule has 1 saturated carbocycles. The highest BCUT2D eigenvalue weighted by molar-refractivity contribution is 7.89. The van der Waals surface area contributed by atoms with Gasteiger partial charge >= 0.3 is 0 Å². The van der Waals surface area contributed by atoms with E-state index in [2.05, 4.69) is 15.0 Å². The lowest BCUT2D eigenvalue weighted by Gasteiger charge is -2.14.